The number of hydrogen-bond acceptors (Lipinski definition) is 3. The van der Waals surface area contributed by atoms with Crippen LogP contribution in [-0.4, -0.2) is 16.1 Å². The zero-order valence-electron chi connectivity index (χ0n) is 7.04. The van der Waals surface area contributed by atoms with Crippen LogP contribution < -0.4 is 5.48 Å². The SMILES string of the molecule is Cc1ccc(CC(=O)NO)c(Cl)n1. The van der Waals surface area contributed by atoms with E-state index in [0.717, 1.165) is 5.69 Å². The van der Waals surface area contributed by atoms with E-state index in [1.807, 2.05) is 6.92 Å². The van der Waals surface area contributed by atoms with Crippen molar-refractivity contribution >= 4 is 17.5 Å². The third kappa shape index (κ3) is 2.68. The molecular formula is C8H9ClN2O2. The summed E-state index contributed by atoms with van der Waals surface area (Å²) in [4.78, 5) is 14.7. The molecule has 0 saturated carbocycles. The first-order valence-electron chi connectivity index (χ1n) is 3.68. The predicted octanol–water partition coefficient (Wildman–Crippen LogP) is 1.09. The quantitative estimate of drug-likeness (QED) is 0.427. The lowest BCUT2D eigenvalue weighted by Gasteiger charge is -2.02. The number of carbonyl (C=O) groups excluding carboxylic acids is 1. The molecular weight excluding hydrogens is 192 g/mol. The molecule has 1 heterocycles. The highest BCUT2D eigenvalue weighted by molar-refractivity contribution is 6.30. The summed E-state index contributed by atoms with van der Waals surface area (Å²) < 4.78 is 0. The summed E-state index contributed by atoms with van der Waals surface area (Å²) >= 11 is 5.76. The highest BCUT2D eigenvalue weighted by atomic mass is 35.5. The highest BCUT2D eigenvalue weighted by Crippen LogP contribution is 2.13. The number of aryl methyl sites for hydroxylation is 1. The Balaban J connectivity index is 2.83. The normalized spacial score (nSPS) is 9.77. The molecule has 1 rings (SSSR count). The van der Waals surface area contributed by atoms with Crippen LogP contribution in [0.2, 0.25) is 5.15 Å². The molecule has 2 N–H and O–H groups in total. The maximum Gasteiger partial charge on any atom is 0.247 e. The molecule has 0 saturated heterocycles. The number of pyridine rings is 1. The average Bonchev–Trinajstić information content (AvgIpc) is 2.09. The monoisotopic (exact) mass is 200 g/mol. The van der Waals surface area contributed by atoms with Crippen LogP contribution in [0.1, 0.15) is 11.3 Å². The van der Waals surface area contributed by atoms with Crippen molar-refractivity contribution in [3.8, 4) is 0 Å². The van der Waals surface area contributed by atoms with Gasteiger partial charge in [-0.15, -0.1) is 0 Å². The molecule has 4 nitrogen and oxygen atoms in total. The first-order chi connectivity index (χ1) is 6.13. The summed E-state index contributed by atoms with van der Waals surface area (Å²) in [7, 11) is 0. The molecule has 0 fully saturated rings. The van der Waals surface area contributed by atoms with Gasteiger partial charge in [-0.1, -0.05) is 17.7 Å². The fourth-order valence-corrected chi connectivity index (χ4v) is 1.16. The maximum atomic E-state index is 10.8. The van der Waals surface area contributed by atoms with E-state index in [9.17, 15) is 4.79 Å². The molecule has 0 aromatic carbocycles. The van der Waals surface area contributed by atoms with Gasteiger partial charge in [0.25, 0.3) is 0 Å². The second kappa shape index (κ2) is 4.20. The van der Waals surface area contributed by atoms with Gasteiger partial charge in [0, 0.05) is 5.69 Å². The van der Waals surface area contributed by atoms with E-state index in [1.54, 1.807) is 12.1 Å². The summed E-state index contributed by atoms with van der Waals surface area (Å²) in [6.45, 7) is 1.81. The number of amides is 1. The van der Waals surface area contributed by atoms with Gasteiger partial charge in [-0.05, 0) is 18.6 Å². The molecule has 70 valence electrons. The number of nitrogens with one attached hydrogen (secondary N) is 1. The Hall–Kier alpha value is -1.13. The largest absolute Gasteiger partial charge is 0.289 e. The van der Waals surface area contributed by atoms with Crippen LogP contribution in [0.25, 0.3) is 0 Å². The van der Waals surface area contributed by atoms with E-state index in [-0.39, 0.29) is 6.42 Å². The first kappa shape index (κ1) is 9.95. The Bertz CT molecular complexity index is 328. The molecule has 1 aromatic heterocycles. The molecule has 0 unspecified atom stereocenters. The van der Waals surface area contributed by atoms with Gasteiger partial charge in [0.2, 0.25) is 5.91 Å². The van der Waals surface area contributed by atoms with Crippen LogP contribution in [-0.2, 0) is 11.2 Å². The van der Waals surface area contributed by atoms with Gasteiger partial charge in [0.05, 0.1) is 6.42 Å². The Morgan fingerprint density at radius 3 is 2.92 bits per heavy atom. The molecule has 13 heavy (non-hydrogen) atoms. The molecule has 0 spiro atoms. The van der Waals surface area contributed by atoms with E-state index in [1.165, 1.54) is 5.48 Å². The van der Waals surface area contributed by atoms with Gasteiger partial charge >= 0.3 is 0 Å². The van der Waals surface area contributed by atoms with Crippen LogP contribution in [0, 0.1) is 6.92 Å². The molecule has 0 aliphatic rings. The lowest BCUT2D eigenvalue weighted by atomic mass is 10.2. The molecule has 0 atom stereocenters. The fraction of sp³-hybridized carbons (Fsp3) is 0.250. The van der Waals surface area contributed by atoms with Crippen LogP contribution >= 0.6 is 11.6 Å². The molecule has 1 amide bonds. The molecule has 0 radical (unpaired) electrons. The molecule has 1 aromatic rings. The fourth-order valence-electron chi connectivity index (χ4n) is 0.898. The number of hydroxylamine groups is 1. The topological polar surface area (TPSA) is 62.2 Å². The van der Waals surface area contributed by atoms with Crippen molar-refractivity contribution in [1.29, 1.82) is 0 Å². The zero-order chi connectivity index (χ0) is 9.84. The van der Waals surface area contributed by atoms with Crippen molar-refractivity contribution in [2.24, 2.45) is 0 Å². The first-order valence-corrected chi connectivity index (χ1v) is 4.06. The third-order valence-corrected chi connectivity index (χ3v) is 1.87. The Labute approximate surface area is 80.5 Å². The van der Waals surface area contributed by atoms with Gasteiger partial charge in [0.1, 0.15) is 5.15 Å². The zero-order valence-corrected chi connectivity index (χ0v) is 7.80. The van der Waals surface area contributed by atoms with Gasteiger partial charge in [0.15, 0.2) is 0 Å². The van der Waals surface area contributed by atoms with Crippen molar-refractivity contribution in [1.82, 2.24) is 10.5 Å². The second-order valence-corrected chi connectivity index (χ2v) is 2.97. The van der Waals surface area contributed by atoms with Gasteiger partial charge in [-0.25, -0.2) is 10.5 Å². The van der Waals surface area contributed by atoms with E-state index in [0.29, 0.717) is 10.7 Å². The van der Waals surface area contributed by atoms with Crippen molar-refractivity contribution in [2.45, 2.75) is 13.3 Å². The van der Waals surface area contributed by atoms with E-state index < -0.39 is 5.91 Å². The van der Waals surface area contributed by atoms with Crippen molar-refractivity contribution in [3.05, 3.63) is 28.5 Å². The van der Waals surface area contributed by atoms with Gasteiger partial charge < -0.3 is 0 Å². The van der Waals surface area contributed by atoms with E-state index in [2.05, 4.69) is 4.98 Å². The summed E-state index contributed by atoms with van der Waals surface area (Å²) in [6, 6.07) is 3.46. The second-order valence-electron chi connectivity index (χ2n) is 2.61. The minimum absolute atomic E-state index is 0.0304. The third-order valence-electron chi connectivity index (χ3n) is 1.54. The summed E-state index contributed by atoms with van der Waals surface area (Å²) in [6.07, 6.45) is 0.0304. The standard InChI is InChI=1S/C8H9ClN2O2/c1-5-2-3-6(8(9)10-5)4-7(12)11-13/h2-3,13H,4H2,1H3,(H,11,12). The van der Waals surface area contributed by atoms with Gasteiger partial charge in [-0.3, -0.25) is 10.0 Å². The van der Waals surface area contributed by atoms with Crippen LogP contribution in [0.15, 0.2) is 12.1 Å². The van der Waals surface area contributed by atoms with Crippen molar-refractivity contribution in [2.75, 3.05) is 0 Å². The van der Waals surface area contributed by atoms with Crippen molar-refractivity contribution in [3.63, 3.8) is 0 Å². The summed E-state index contributed by atoms with van der Waals surface area (Å²) in [5.41, 5.74) is 2.92. The maximum absolute atomic E-state index is 10.8. The van der Waals surface area contributed by atoms with Crippen LogP contribution in [0.4, 0.5) is 0 Å². The lowest BCUT2D eigenvalue weighted by molar-refractivity contribution is -0.128. The highest BCUT2D eigenvalue weighted by Gasteiger charge is 2.06. The summed E-state index contributed by atoms with van der Waals surface area (Å²) in [5, 5.41) is 8.57. The predicted molar refractivity (Wildman–Crippen MR) is 47.6 cm³/mol. The van der Waals surface area contributed by atoms with Crippen LogP contribution in [0.3, 0.4) is 0 Å². The average molecular weight is 201 g/mol. The van der Waals surface area contributed by atoms with Gasteiger partial charge in [-0.2, -0.15) is 0 Å². The lowest BCUT2D eigenvalue weighted by Crippen LogP contribution is -2.20. The molecule has 0 bridgehead atoms. The number of carbonyl (C=O) groups is 1. The summed E-state index contributed by atoms with van der Waals surface area (Å²) in [5.74, 6) is -0.507. The van der Waals surface area contributed by atoms with Crippen LogP contribution in [0.5, 0.6) is 0 Å². The number of aromatic nitrogens is 1. The van der Waals surface area contributed by atoms with E-state index in [4.69, 9.17) is 16.8 Å². The number of hydrogen-bond donors (Lipinski definition) is 2. The minimum Gasteiger partial charge on any atom is -0.289 e. The Kier molecular flexibility index (Phi) is 3.22. The molecule has 5 heteroatoms. The smallest absolute Gasteiger partial charge is 0.247 e. The minimum atomic E-state index is -0.507. The Morgan fingerprint density at radius 1 is 1.69 bits per heavy atom. The molecule has 0 aliphatic carbocycles. The molecule has 0 aliphatic heterocycles. The van der Waals surface area contributed by atoms with Crippen molar-refractivity contribution < 1.29 is 10.0 Å². The Morgan fingerprint density at radius 2 is 2.38 bits per heavy atom. The van der Waals surface area contributed by atoms with E-state index >= 15 is 0 Å². The number of nitrogens with zero attached hydrogens (tertiary/aromatic N) is 1. The number of rotatable bonds is 2. The number of halogens is 1.